The second-order valence-corrected chi connectivity index (χ2v) is 6.67. The van der Waals surface area contributed by atoms with Crippen molar-refractivity contribution in [2.75, 3.05) is 19.0 Å². The van der Waals surface area contributed by atoms with Gasteiger partial charge in [-0.05, 0) is 40.9 Å². The zero-order valence-electron chi connectivity index (χ0n) is 11.3. The highest BCUT2D eigenvalue weighted by Gasteiger charge is 2.32. The van der Waals surface area contributed by atoms with Gasteiger partial charge in [-0.1, -0.05) is 41.3 Å². The summed E-state index contributed by atoms with van der Waals surface area (Å²) in [6, 6.07) is 5.87. The lowest BCUT2D eigenvalue weighted by atomic mass is 9.76. The molecule has 1 fully saturated rings. The largest absolute Gasteiger partial charge is 0.493 e. The Bertz CT molecular complexity index is 415. The van der Waals surface area contributed by atoms with Crippen LogP contribution >= 0.6 is 31.9 Å². The molecule has 0 radical (unpaired) electrons. The summed E-state index contributed by atoms with van der Waals surface area (Å²) in [5, 5.41) is 1.01. The average molecular weight is 392 g/mol. The number of methoxy groups -OCH3 is 1. The Labute approximate surface area is 132 Å². The molecule has 0 aromatic heterocycles. The van der Waals surface area contributed by atoms with E-state index in [0.717, 1.165) is 27.9 Å². The number of hydrogen-bond donors (Lipinski definition) is 0. The third kappa shape index (κ3) is 3.66. The Hall–Kier alpha value is -0.220. The minimum Gasteiger partial charge on any atom is -0.493 e. The van der Waals surface area contributed by atoms with Gasteiger partial charge in [0.2, 0.25) is 0 Å². The van der Waals surface area contributed by atoms with Gasteiger partial charge in [0, 0.05) is 10.7 Å². The summed E-state index contributed by atoms with van der Waals surface area (Å²) in [5.74, 6) is 1.60. The molecule has 0 amide bonds. The van der Waals surface area contributed by atoms with E-state index in [1.165, 1.54) is 32.1 Å². The molecule has 1 aromatic carbocycles. The fourth-order valence-corrected chi connectivity index (χ4v) is 3.82. The predicted octanol–water partition coefficient (Wildman–Crippen LogP) is 5.18. The van der Waals surface area contributed by atoms with Crippen LogP contribution in [0.25, 0.3) is 0 Å². The number of ether oxygens (including phenoxy) is 2. The molecule has 1 aliphatic carbocycles. The maximum Gasteiger partial charge on any atom is 0.175 e. The van der Waals surface area contributed by atoms with E-state index in [9.17, 15) is 0 Å². The summed E-state index contributed by atoms with van der Waals surface area (Å²) in [5.41, 5.74) is 0.276. The molecule has 19 heavy (non-hydrogen) atoms. The Kier molecular flexibility index (Phi) is 5.58. The van der Waals surface area contributed by atoms with Crippen LogP contribution in [0.2, 0.25) is 0 Å². The molecule has 0 unspecified atom stereocenters. The van der Waals surface area contributed by atoms with E-state index in [2.05, 4.69) is 31.9 Å². The second-order valence-electron chi connectivity index (χ2n) is 5.25. The van der Waals surface area contributed by atoms with Gasteiger partial charge in [0.05, 0.1) is 18.2 Å². The number of para-hydroxylation sites is 1. The van der Waals surface area contributed by atoms with Crippen molar-refractivity contribution in [3.63, 3.8) is 0 Å². The molecular formula is C15H20Br2O2. The Balaban J connectivity index is 2.09. The molecule has 106 valence electrons. The summed E-state index contributed by atoms with van der Waals surface area (Å²) >= 11 is 7.21. The van der Waals surface area contributed by atoms with Gasteiger partial charge in [-0.3, -0.25) is 0 Å². The summed E-state index contributed by atoms with van der Waals surface area (Å²) in [6.07, 6.45) is 6.45. The van der Waals surface area contributed by atoms with Gasteiger partial charge in [0.1, 0.15) is 0 Å². The highest BCUT2D eigenvalue weighted by Crippen LogP contribution is 2.41. The van der Waals surface area contributed by atoms with E-state index >= 15 is 0 Å². The van der Waals surface area contributed by atoms with Crippen LogP contribution in [0.1, 0.15) is 32.1 Å². The molecule has 0 spiro atoms. The Morgan fingerprint density at radius 2 is 1.95 bits per heavy atom. The molecule has 0 bridgehead atoms. The van der Waals surface area contributed by atoms with E-state index in [1.807, 2.05) is 18.2 Å². The summed E-state index contributed by atoms with van der Waals surface area (Å²) < 4.78 is 12.4. The van der Waals surface area contributed by atoms with Gasteiger partial charge in [0.25, 0.3) is 0 Å². The maximum atomic E-state index is 6.09. The first-order valence-electron chi connectivity index (χ1n) is 6.72. The molecule has 1 aliphatic rings. The van der Waals surface area contributed by atoms with Crippen molar-refractivity contribution >= 4 is 31.9 Å². The van der Waals surface area contributed by atoms with E-state index in [4.69, 9.17) is 9.47 Å². The van der Waals surface area contributed by atoms with Gasteiger partial charge in [-0.25, -0.2) is 0 Å². The minimum absolute atomic E-state index is 0.276. The van der Waals surface area contributed by atoms with E-state index < -0.39 is 0 Å². The van der Waals surface area contributed by atoms with Crippen LogP contribution < -0.4 is 9.47 Å². The van der Waals surface area contributed by atoms with E-state index in [-0.39, 0.29) is 5.41 Å². The number of hydrogen-bond acceptors (Lipinski definition) is 2. The van der Waals surface area contributed by atoms with Crippen LogP contribution in [0.3, 0.4) is 0 Å². The molecular weight excluding hydrogens is 372 g/mol. The van der Waals surface area contributed by atoms with Gasteiger partial charge < -0.3 is 9.47 Å². The van der Waals surface area contributed by atoms with Crippen LogP contribution in [-0.4, -0.2) is 19.0 Å². The van der Waals surface area contributed by atoms with Crippen molar-refractivity contribution in [3.05, 3.63) is 22.7 Å². The molecule has 2 nitrogen and oxygen atoms in total. The van der Waals surface area contributed by atoms with Crippen molar-refractivity contribution in [1.82, 2.24) is 0 Å². The highest BCUT2D eigenvalue weighted by atomic mass is 79.9. The normalized spacial score (nSPS) is 18.1. The van der Waals surface area contributed by atoms with Crippen molar-refractivity contribution in [2.24, 2.45) is 5.41 Å². The van der Waals surface area contributed by atoms with E-state index in [0.29, 0.717) is 0 Å². The van der Waals surface area contributed by atoms with Gasteiger partial charge in [0.15, 0.2) is 11.5 Å². The first kappa shape index (κ1) is 15.2. The van der Waals surface area contributed by atoms with Crippen LogP contribution in [0.4, 0.5) is 0 Å². The van der Waals surface area contributed by atoms with Gasteiger partial charge >= 0.3 is 0 Å². The molecule has 1 saturated carbocycles. The third-order valence-electron chi connectivity index (χ3n) is 3.87. The first-order chi connectivity index (χ1) is 9.21. The van der Waals surface area contributed by atoms with Crippen LogP contribution in [-0.2, 0) is 0 Å². The maximum absolute atomic E-state index is 6.09. The molecule has 0 aliphatic heterocycles. The van der Waals surface area contributed by atoms with Crippen molar-refractivity contribution in [3.8, 4) is 11.5 Å². The quantitative estimate of drug-likeness (QED) is 0.643. The van der Waals surface area contributed by atoms with E-state index in [1.54, 1.807) is 7.11 Å². The summed E-state index contributed by atoms with van der Waals surface area (Å²) in [6.45, 7) is 0.747. The molecule has 1 aromatic rings. The van der Waals surface area contributed by atoms with Gasteiger partial charge in [-0.2, -0.15) is 0 Å². The fourth-order valence-electron chi connectivity index (χ4n) is 2.63. The topological polar surface area (TPSA) is 18.5 Å². The smallest absolute Gasteiger partial charge is 0.175 e. The standard InChI is InChI=1S/C15H20Br2O2/c1-18-13-7-5-6-12(17)14(13)19-11-15(10-16)8-3-2-4-9-15/h5-7H,2-4,8-11H2,1H3. The van der Waals surface area contributed by atoms with Crippen LogP contribution in [0, 0.1) is 5.41 Å². The van der Waals surface area contributed by atoms with Gasteiger partial charge in [-0.15, -0.1) is 0 Å². The molecule has 2 rings (SSSR count). The summed E-state index contributed by atoms with van der Waals surface area (Å²) in [4.78, 5) is 0. The fraction of sp³-hybridized carbons (Fsp3) is 0.600. The summed E-state index contributed by atoms with van der Waals surface area (Å²) in [7, 11) is 1.68. The third-order valence-corrected chi connectivity index (χ3v) is 5.69. The lowest BCUT2D eigenvalue weighted by Crippen LogP contribution is -2.32. The van der Waals surface area contributed by atoms with Crippen molar-refractivity contribution < 1.29 is 9.47 Å². The SMILES string of the molecule is COc1cccc(Br)c1OCC1(CBr)CCCCC1. The van der Waals surface area contributed by atoms with Crippen molar-refractivity contribution in [1.29, 1.82) is 0 Å². The lowest BCUT2D eigenvalue weighted by Gasteiger charge is -2.35. The molecule has 0 atom stereocenters. The number of rotatable bonds is 5. The predicted molar refractivity (Wildman–Crippen MR) is 85.5 cm³/mol. The number of halogens is 2. The zero-order valence-corrected chi connectivity index (χ0v) is 14.4. The molecule has 0 N–H and O–H groups in total. The average Bonchev–Trinajstić information content (AvgIpc) is 2.46. The molecule has 0 saturated heterocycles. The second kappa shape index (κ2) is 6.98. The van der Waals surface area contributed by atoms with Crippen LogP contribution in [0.15, 0.2) is 22.7 Å². The zero-order chi connectivity index (χ0) is 13.7. The minimum atomic E-state index is 0.276. The molecule has 0 heterocycles. The monoisotopic (exact) mass is 390 g/mol. The first-order valence-corrected chi connectivity index (χ1v) is 8.63. The number of benzene rings is 1. The molecule has 4 heteroatoms. The Morgan fingerprint density at radius 1 is 1.21 bits per heavy atom. The lowest BCUT2D eigenvalue weighted by molar-refractivity contribution is 0.118. The highest BCUT2D eigenvalue weighted by molar-refractivity contribution is 9.10. The van der Waals surface area contributed by atoms with Crippen LogP contribution in [0.5, 0.6) is 11.5 Å². The Morgan fingerprint density at radius 3 is 2.58 bits per heavy atom. The van der Waals surface area contributed by atoms with Crippen molar-refractivity contribution in [2.45, 2.75) is 32.1 Å². The number of alkyl halides is 1.